The summed E-state index contributed by atoms with van der Waals surface area (Å²) in [6.45, 7) is 1.85. The topological polar surface area (TPSA) is 75.1 Å². The molecule has 0 aliphatic rings. The van der Waals surface area contributed by atoms with Crippen molar-refractivity contribution in [3.8, 4) is 0 Å². The van der Waals surface area contributed by atoms with Crippen LogP contribution in [0.25, 0.3) is 0 Å². The zero-order valence-electron chi connectivity index (χ0n) is 10.7. The molecule has 0 saturated heterocycles. The van der Waals surface area contributed by atoms with Crippen molar-refractivity contribution in [3.63, 3.8) is 0 Å². The summed E-state index contributed by atoms with van der Waals surface area (Å²) in [5.41, 5.74) is 7.55. The summed E-state index contributed by atoms with van der Waals surface area (Å²) in [5, 5.41) is 8.70. The maximum Gasteiger partial charge on any atom is 0.157 e. The molecular formula is C14H12Cl2N4. The number of amidine groups is 2. The van der Waals surface area contributed by atoms with E-state index in [1.165, 1.54) is 0 Å². The van der Waals surface area contributed by atoms with Gasteiger partial charge in [-0.25, -0.2) is 9.98 Å². The van der Waals surface area contributed by atoms with Crippen molar-refractivity contribution < 1.29 is 0 Å². The van der Waals surface area contributed by atoms with E-state index in [0.717, 1.165) is 5.69 Å². The van der Waals surface area contributed by atoms with E-state index in [-0.39, 0.29) is 11.7 Å². The van der Waals surface area contributed by atoms with Gasteiger partial charge in [0.2, 0.25) is 0 Å². The van der Waals surface area contributed by atoms with E-state index in [1.807, 2.05) is 19.1 Å². The van der Waals surface area contributed by atoms with E-state index < -0.39 is 0 Å². The Morgan fingerprint density at radius 1 is 1.15 bits per heavy atom. The molecule has 20 heavy (non-hydrogen) atoms. The lowest BCUT2D eigenvalue weighted by atomic mass is 10.2. The highest BCUT2D eigenvalue weighted by Crippen LogP contribution is 2.24. The van der Waals surface area contributed by atoms with Crippen molar-refractivity contribution in [2.24, 2.45) is 10.7 Å². The molecule has 0 atom stereocenters. The average molecular weight is 307 g/mol. The molecule has 0 aliphatic heterocycles. The number of rotatable bonds is 2. The molecule has 102 valence electrons. The normalized spacial score (nSPS) is 11.4. The number of aryl methyl sites for hydroxylation is 1. The molecule has 1 aromatic carbocycles. The number of hydrogen-bond donors (Lipinski definition) is 2. The number of nitrogens with two attached hydrogens (primary N) is 1. The van der Waals surface area contributed by atoms with Crippen LogP contribution in [0.5, 0.6) is 0 Å². The van der Waals surface area contributed by atoms with Crippen LogP contribution in [0.3, 0.4) is 0 Å². The Morgan fingerprint density at radius 2 is 1.75 bits per heavy atom. The first kappa shape index (κ1) is 14.5. The Hall–Kier alpha value is -1.91. The number of nitrogens with one attached hydrogen (secondary N) is 1. The Morgan fingerprint density at radius 3 is 2.35 bits per heavy atom. The molecule has 3 N–H and O–H groups in total. The van der Waals surface area contributed by atoms with Crippen molar-refractivity contribution in [3.05, 3.63) is 63.4 Å². The minimum absolute atomic E-state index is 0.0959. The summed E-state index contributed by atoms with van der Waals surface area (Å²) in [4.78, 5) is 8.27. The molecule has 0 aliphatic carbocycles. The number of halogens is 2. The fraction of sp³-hybridized carbons (Fsp3) is 0.0714. The van der Waals surface area contributed by atoms with E-state index in [2.05, 4.69) is 9.98 Å². The van der Waals surface area contributed by atoms with E-state index in [4.69, 9.17) is 34.3 Å². The van der Waals surface area contributed by atoms with Crippen LogP contribution in [-0.2, 0) is 0 Å². The van der Waals surface area contributed by atoms with Gasteiger partial charge in [-0.3, -0.25) is 5.41 Å². The summed E-state index contributed by atoms with van der Waals surface area (Å²) in [5.74, 6) is 0.0519. The van der Waals surface area contributed by atoms with Gasteiger partial charge >= 0.3 is 0 Å². The fourth-order valence-corrected chi connectivity index (χ4v) is 2.22. The molecule has 2 rings (SSSR count). The molecule has 6 heteroatoms. The zero-order chi connectivity index (χ0) is 14.7. The minimum Gasteiger partial charge on any atom is -0.382 e. The molecule has 0 amide bonds. The zero-order valence-corrected chi connectivity index (χ0v) is 12.2. The number of pyridine rings is 1. The second-order valence-electron chi connectivity index (χ2n) is 4.11. The van der Waals surface area contributed by atoms with Crippen molar-refractivity contribution >= 4 is 34.9 Å². The average Bonchev–Trinajstić information content (AvgIpc) is 2.38. The van der Waals surface area contributed by atoms with Gasteiger partial charge < -0.3 is 5.73 Å². The first-order valence-electron chi connectivity index (χ1n) is 5.80. The van der Waals surface area contributed by atoms with Crippen LogP contribution in [0.15, 0.2) is 41.4 Å². The smallest absolute Gasteiger partial charge is 0.157 e. The maximum atomic E-state index is 7.98. The highest BCUT2D eigenvalue weighted by molar-refractivity contribution is 6.40. The largest absolute Gasteiger partial charge is 0.382 e. The number of aromatic nitrogens is 1. The molecule has 0 spiro atoms. The summed E-state index contributed by atoms with van der Waals surface area (Å²) >= 11 is 12.1. The number of aliphatic imine (C=N–C) groups is 1. The van der Waals surface area contributed by atoms with Gasteiger partial charge in [-0.2, -0.15) is 0 Å². The molecular weight excluding hydrogens is 295 g/mol. The summed E-state index contributed by atoms with van der Waals surface area (Å²) in [7, 11) is 0. The molecule has 0 fully saturated rings. The highest BCUT2D eigenvalue weighted by atomic mass is 35.5. The van der Waals surface area contributed by atoms with Gasteiger partial charge in [-0.1, -0.05) is 35.3 Å². The summed E-state index contributed by atoms with van der Waals surface area (Å²) < 4.78 is 0. The van der Waals surface area contributed by atoms with Crippen LogP contribution in [0, 0.1) is 12.3 Å². The first-order valence-corrected chi connectivity index (χ1v) is 6.56. The van der Waals surface area contributed by atoms with Crippen LogP contribution >= 0.6 is 23.2 Å². The van der Waals surface area contributed by atoms with Crippen molar-refractivity contribution in [2.45, 2.75) is 6.92 Å². The third-order valence-corrected chi connectivity index (χ3v) is 3.21. The molecule has 2 aromatic rings. The SMILES string of the molecule is Cc1cccc(C(N)=NC(=N)c2c(Cl)cccc2Cl)n1. The van der Waals surface area contributed by atoms with Crippen LogP contribution < -0.4 is 5.73 Å². The molecule has 1 aromatic heterocycles. The fourth-order valence-electron chi connectivity index (χ4n) is 1.64. The van der Waals surface area contributed by atoms with Gasteiger partial charge in [0.1, 0.15) is 5.69 Å². The van der Waals surface area contributed by atoms with E-state index in [0.29, 0.717) is 21.3 Å². The second-order valence-corrected chi connectivity index (χ2v) is 4.92. The molecule has 0 bridgehead atoms. The van der Waals surface area contributed by atoms with Gasteiger partial charge in [-0.05, 0) is 31.2 Å². The molecule has 0 radical (unpaired) electrons. The third-order valence-electron chi connectivity index (χ3n) is 2.58. The molecule has 0 saturated carbocycles. The summed E-state index contributed by atoms with van der Waals surface area (Å²) in [6.07, 6.45) is 0. The van der Waals surface area contributed by atoms with Gasteiger partial charge in [0.25, 0.3) is 0 Å². The standard InChI is InChI=1S/C14H12Cl2N4/c1-8-4-2-7-11(19-8)13(17)20-14(18)12-9(15)5-3-6-10(12)16/h2-7H,1H3,(H3,17,18,20). The molecule has 0 unspecified atom stereocenters. The van der Waals surface area contributed by atoms with Crippen LogP contribution in [0.1, 0.15) is 17.0 Å². The number of benzene rings is 1. The first-order chi connectivity index (χ1) is 9.49. The van der Waals surface area contributed by atoms with E-state index >= 15 is 0 Å². The lowest BCUT2D eigenvalue weighted by Gasteiger charge is -2.06. The van der Waals surface area contributed by atoms with Crippen molar-refractivity contribution in [1.29, 1.82) is 5.41 Å². The second kappa shape index (κ2) is 6.03. The Kier molecular flexibility index (Phi) is 4.37. The van der Waals surface area contributed by atoms with E-state index in [1.54, 1.807) is 24.3 Å². The van der Waals surface area contributed by atoms with Crippen LogP contribution in [0.2, 0.25) is 10.0 Å². The van der Waals surface area contributed by atoms with Gasteiger partial charge in [0, 0.05) is 5.69 Å². The van der Waals surface area contributed by atoms with Gasteiger partial charge in [0.15, 0.2) is 11.7 Å². The number of nitrogens with zero attached hydrogens (tertiary/aromatic N) is 2. The predicted molar refractivity (Wildman–Crippen MR) is 83.0 cm³/mol. The van der Waals surface area contributed by atoms with Gasteiger partial charge in [-0.15, -0.1) is 0 Å². The van der Waals surface area contributed by atoms with Crippen molar-refractivity contribution in [1.82, 2.24) is 4.98 Å². The van der Waals surface area contributed by atoms with E-state index in [9.17, 15) is 0 Å². The Labute approximate surface area is 126 Å². The molecule has 4 nitrogen and oxygen atoms in total. The monoisotopic (exact) mass is 306 g/mol. The maximum absolute atomic E-state index is 7.98. The number of hydrogen-bond acceptors (Lipinski definition) is 2. The minimum atomic E-state index is -0.0959. The quantitative estimate of drug-likeness (QED) is 0.659. The lowest BCUT2D eigenvalue weighted by Crippen LogP contribution is -2.18. The third kappa shape index (κ3) is 3.15. The highest BCUT2D eigenvalue weighted by Gasteiger charge is 2.11. The van der Waals surface area contributed by atoms with Crippen LogP contribution in [-0.4, -0.2) is 16.7 Å². The Bertz CT molecular complexity index is 675. The van der Waals surface area contributed by atoms with Gasteiger partial charge in [0.05, 0.1) is 15.6 Å². The molecule has 1 heterocycles. The van der Waals surface area contributed by atoms with Crippen molar-refractivity contribution in [2.75, 3.05) is 0 Å². The lowest BCUT2D eigenvalue weighted by molar-refractivity contribution is 1.17. The summed E-state index contributed by atoms with van der Waals surface area (Å²) in [6, 6.07) is 10.4. The predicted octanol–water partition coefficient (Wildman–Crippen LogP) is 3.43. The Balaban J connectivity index is 2.37. The van der Waals surface area contributed by atoms with Crippen LogP contribution in [0.4, 0.5) is 0 Å².